The van der Waals surface area contributed by atoms with E-state index in [1.807, 2.05) is 12.1 Å². The van der Waals surface area contributed by atoms with Crippen molar-refractivity contribution in [3.8, 4) is 5.75 Å². The van der Waals surface area contributed by atoms with Gasteiger partial charge in [-0.3, -0.25) is 0 Å². The summed E-state index contributed by atoms with van der Waals surface area (Å²) in [6.07, 6.45) is 4.10. The molecular formula is C12H16O. The molecule has 1 atom stereocenters. The van der Waals surface area contributed by atoms with E-state index in [0.717, 1.165) is 5.92 Å². The van der Waals surface area contributed by atoms with Gasteiger partial charge < -0.3 is 5.11 Å². The molecule has 1 aromatic rings. The van der Waals surface area contributed by atoms with Crippen molar-refractivity contribution in [3.05, 3.63) is 29.8 Å². The Balaban J connectivity index is 2.14. The summed E-state index contributed by atoms with van der Waals surface area (Å²) >= 11 is 0. The third kappa shape index (κ3) is 1.69. The molecule has 0 radical (unpaired) electrons. The van der Waals surface area contributed by atoms with Gasteiger partial charge in [0.1, 0.15) is 5.75 Å². The Hall–Kier alpha value is -0.980. The third-order valence-electron chi connectivity index (χ3n) is 3.25. The normalized spacial score (nSPS) is 19.5. The lowest BCUT2D eigenvalue weighted by Crippen LogP contribution is -2.17. The first kappa shape index (κ1) is 8.61. The smallest absolute Gasteiger partial charge is 0.115 e. The monoisotopic (exact) mass is 176 g/mol. The summed E-state index contributed by atoms with van der Waals surface area (Å²) in [6.45, 7) is 2.26. The van der Waals surface area contributed by atoms with E-state index in [0.29, 0.717) is 11.7 Å². The molecule has 0 saturated heterocycles. The fourth-order valence-electron chi connectivity index (χ4n) is 2.02. The quantitative estimate of drug-likeness (QED) is 0.733. The number of phenols is 1. The summed E-state index contributed by atoms with van der Waals surface area (Å²) in [4.78, 5) is 0. The summed E-state index contributed by atoms with van der Waals surface area (Å²) in [5, 5.41) is 9.33. The van der Waals surface area contributed by atoms with E-state index in [1.54, 1.807) is 6.07 Å². The van der Waals surface area contributed by atoms with Gasteiger partial charge in [-0.2, -0.15) is 0 Å². The lowest BCUT2D eigenvalue weighted by molar-refractivity contribution is 0.272. The molecule has 2 rings (SSSR count). The number of hydrogen-bond donors (Lipinski definition) is 1. The number of benzene rings is 1. The molecule has 1 N–H and O–H groups in total. The highest BCUT2D eigenvalue weighted by atomic mass is 16.3. The van der Waals surface area contributed by atoms with Gasteiger partial charge in [-0.05, 0) is 42.4 Å². The minimum atomic E-state index is 0.392. The van der Waals surface area contributed by atoms with E-state index in [9.17, 15) is 5.11 Å². The summed E-state index contributed by atoms with van der Waals surface area (Å²) in [6, 6.07) is 7.67. The number of rotatable bonds is 2. The second kappa shape index (κ2) is 3.41. The van der Waals surface area contributed by atoms with Crippen molar-refractivity contribution in [1.29, 1.82) is 0 Å². The van der Waals surface area contributed by atoms with Crippen LogP contribution < -0.4 is 0 Å². The van der Waals surface area contributed by atoms with E-state index in [-0.39, 0.29) is 0 Å². The number of hydrogen-bond acceptors (Lipinski definition) is 1. The molecule has 0 aromatic heterocycles. The highest BCUT2D eigenvalue weighted by Crippen LogP contribution is 2.39. The van der Waals surface area contributed by atoms with Gasteiger partial charge >= 0.3 is 0 Å². The van der Waals surface area contributed by atoms with Gasteiger partial charge in [0.15, 0.2) is 0 Å². The number of aromatic hydroxyl groups is 1. The lowest BCUT2D eigenvalue weighted by atomic mass is 9.74. The van der Waals surface area contributed by atoms with E-state index < -0.39 is 0 Å². The first-order valence-corrected chi connectivity index (χ1v) is 5.06. The summed E-state index contributed by atoms with van der Waals surface area (Å²) in [7, 11) is 0. The van der Waals surface area contributed by atoms with Gasteiger partial charge in [-0.1, -0.05) is 25.5 Å². The zero-order valence-electron chi connectivity index (χ0n) is 8.03. The Kier molecular flexibility index (Phi) is 2.26. The van der Waals surface area contributed by atoms with Crippen LogP contribution >= 0.6 is 0 Å². The molecule has 13 heavy (non-hydrogen) atoms. The average molecular weight is 176 g/mol. The van der Waals surface area contributed by atoms with Gasteiger partial charge in [0.2, 0.25) is 0 Å². The molecule has 0 spiro atoms. The molecule has 1 aliphatic rings. The van der Waals surface area contributed by atoms with Crippen molar-refractivity contribution in [2.75, 3.05) is 0 Å². The average Bonchev–Trinajstić information content (AvgIpc) is 2.01. The molecule has 0 amide bonds. The first-order chi connectivity index (χ1) is 6.27. The summed E-state index contributed by atoms with van der Waals surface area (Å²) < 4.78 is 0. The van der Waals surface area contributed by atoms with Crippen LogP contribution in [0.4, 0.5) is 0 Å². The van der Waals surface area contributed by atoms with Gasteiger partial charge in [0, 0.05) is 0 Å². The van der Waals surface area contributed by atoms with Crippen molar-refractivity contribution in [1.82, 2.24) is 0 Å². The predicted molar refractivity (Wildman–Crippen MR) is 53.9 cm³/mol. The van der Waals surface area contributed by atoms with E-state index in [1.165, 1.54) is 24.8 Å². The van der Waals surface area contributed by atoms with E-state index in [4.69, 9.17) is 0 Å². The van der Waals surface area contributed by atoms with Crippen LogP contribution in [0.3, 0.4) is 0 Å². The van der Waals surface area contributed by atoms with Crippen LogP contribution in [0.5, 0.6) is 5.75 Å². The van der Waals surface area contributed by atoms with Crippen LogP contribution in [0, 0.1) is 5.92 Å². The van der Waals surface area contributed by atoms with Gasteiger partial charge in [0.25, 0.3) is 0 Å². The largest absolute Gasteiger partial charge is 0.508 e. The summed E-state index contributed by atoms with van der Waals surface area (Å²) in [5.74, 6) is 1.85. The predicted octanol–water partition coefficient (Wildman–Crippen LogP) is 3.30. The maximum absolute atomic E-state index is 9.33. The lowest BCUT2D eigenvalue weighted by Gasteiger charge is -2.31. The Morgan fingerprint density at radius 1 is 1.38 bits per heavy atom. The minimum absolute atomic E-state index is 0.392. The Labute approximate surface area is 79.4 Å². The van der Waals surface area contributed by atoms with Gasteiger partial charge in [-0.15, -0.1) is 0 Å². The maximum atomic E-state index is 9.33. The molecule has 0 bridgehead atoms. The van der Waals surface area contributed by atoms with Crippen LogP contribution in [0.15, 0.2) is 24.3 Å². The molecule has 70 valence electrons. The molecule has 1 saturated carbocycles. The van der Waals surface area contributed by atoms with E-state index >= 15 is 0 Å². The molecule has 1 fully saturated rings. The van der Waals surface area contributed by atoms with E-state index in [2.05, 4.69) is 13.0 Å². The SMILES string of the molecule is CC(c1cccc(O)c1)C1CCC1. The molecule has 1 nitrogen and oxygen atoms in total. The zero-order valence-corrected chi connectivity index (χ0v) is 8.03. The van der Waals surface area contributed by atoms with Crippen LogP contribution in [-0.2, 0) is 0 Å². The minimum Gasteiger partial charge on any atom is -0.508 e. The Morgan fingerprint density at radius 3 is 2.69 bits per heavy atom. The Morgan fingerprint density at radius 2 is 2.15 bits per heavy atom. The molecular weight excluding hydrogens is 160 g/mol. The van der Waals surface area contributed by atoms with Crippen LogP contribution in [0.25, 0.3) is 0 Å². The van der Waals surface area contributed by atoms with Gasteiger partial charge in [0.05, 0.1) is 0 Å². The van der Waals surface area contributed by atoms with Crippen molar-refractivity contribution in [3.63, 3.8) is 0 Å². The summed E-state index contributed by atoms with van der Waals surface area (Å²) in [5.41, 5.74) is 1.28. The number of phenolic OH excluding ortho intramolecular Hbond substituents is 1. The molecule has 1 aliphatic carbocycles. The third-order valence-corrected chi connectivity index (χ3v) is 3.25. The van der Waals surface area contributed by atoms with Gasteiger partial charge in [-0.25, -0.2) is 0 Å². The van der Waals surface area contributed by atoms with Crippen molar-refractivity contribution in [2.24, 2.45) is 5.92 Å². The zero-order chi connectivity index (χ0) is 9.26. The topological polar surface area (TPSA) is 20.2 Å². The van der Waals surface area contributed by atoms with Crippen LogP contribution in [0.2, 0.25) is 0 Å². The molecule has 0 aliphatic heterocycles. The highest BCUT2D eigenvalue weighted by Gasteiger charge is 2.24. The molecule has 1 unspecified atom stereocenters. The standard InChI is InChI=1S/C12H16O/c1-9(10-4-2-5-10)11-6-3-7-12(13)8-11/h3,6-10,13H,2,4-5H2,1H3. The Bertz CT molecular complexity index is 289. The molecule has 1 heteroatoms. The fourth-order valence-corrected chi connectivity index (χ4v) is 2.02. The van der Waals surface area contributed by atoms with Crippen molar-refractivity contribution in [2.45, 2.75) is 32.1 Å². The molecule has 1 aromatic carbocycles. The highest BCUT2D eigenvalue weighted by molar-refractivity contribution is 5.29. The molecule has 0 heterocycles. The van der Waals surface area contributed by atoms with Crippen LogP contribution in [0.1, 0.15) is 37.7 Å². The first-order valence-electron chi connectivity index (χ1n) is 5.06. The second-order valence-electron chi connectivity index (χ2n) is 4.07. The maximum Gasteiger partial charge on any atom is 0.115 e. The van der Waals surface area contributed by atoms with Crippen LogP contribution in [-0.4, -0.2) is 5.11 Å². The second-order valence-corrected chi connectivity index (χ2v) is 4.07. The fraction of sp³-hybridized carbons (Fsp3) is 0.500. The van der Waals surface area contributed by atoms with Crippen molar-refractivity contribution < 1.29 is 5.11 Å². The van der Waals surface area contributed by atoms with Crippen molar-refractivity contribution >= 4 is 0 Å².